The fourth-order valence-electron chi connectivity index (χ4n) is 6.04. The van der Waals surface area contributed by atoms with Gasteiger partial charge in [0.25, 0.3) is 0 Å². The molecular weight excluding hydrogens is 400 g/mol. The van der Waals surface area contributed by atoms with Gasteiger partial charge in [0.05, 0.1) is 17.6 Å². The Hall–Kier alpha value is -1.44. The van der Waals surface area contributed by atoms with Crippen molar-refractivity contribution in [3.05, 3.63) is 29.8 Å². The van der Waals surface area contributed by atoms with Crippen LogP contribution in [0.5, 0.6) is 0 Å². The summed E-state index contributed by atoms with van der Waals surface area (Å²) in [7, 11) is -2.37. The third-order valence-corrected chi connectivity index (χ3v) is 9.23. The van der Waals surface area contributed by atoms with Crippen molar-refractivity contribution in [1.82, 2.24) is 9.21 Å². The minimum Gasteiger partial charge on any atom is -0.465 e. The van der Waals surface area contributed by atoms with Crippen LogP contribution < -0.4 is 0 Å². The second kappa shape index (κ2) is 8.97. The predicted octanol–water partition coefficient (Wildman–Crippen LogP) is 3.53. The topological polar surface area (TPSA) is 66.9 Å². The zero-order valence-corrected chi connectivity index (χ0v) is 18.9. The molecule has 3 aliphatic rings. The van der Waals surface area contributed by atoms with Crippen molar-refractivity contribution in [2.24, 2.45) is 11.8 Å². The zero-order valence-electron chi connectivity index (χ0n) is 18.1. The fourth-order valence-corrected chi connectivity index (χ4v) is 7.84. The van der Waals surface area contributed by atoms with Gasteiger partial charge in [-0.25, -0.2) is 13.2 Å². The van der Waals surface area contributed by atoms with Crippen LogP contribution in [0.4, 0.5) is 0 Å². The van der Waals surface area contributed by atoms with Crippen LogP contribution in [0.2, 0.25) is 0 Å². The lowest BCUT2D eigenvalue weighted by molar-refractivity contribution is -0.0523. The molecule has 4 rings (SSSR count). The maximum absolute atomic E-state index is 13.8. The minimum absolute atomic E-state index is 0.0406. The maximum atomic E-state index is 13.8. The van der Waals surface area contributed by atoms with Gasteiger partial charge in [-0.15, -0.1) is 0 Å². The molecule has 0 spiro atoms. The first kappa shape index (κ1) is 21.8. The van der Waals surface area contributed by atoms with Crippen molar-refractivity contribution in [3.8, 4) is 0 Å². The van der Waals surface area contributed by atoms with E-state index in [1.54, 1.807) is 22.5 Å². The average molecular weight is 435 g/mol. The van der Waals surface area contributed by atoms with Gasteiger partial charge in [0.15, 0.2) is 0 Å². The number of rotatable bonds is 6. The number of hydrogen-bond acceptors (Lipinski definition) is 5. The Morgan fingerprint density at radius 2 is 1.97 bits per heavy atom. The van der Waals surface area contributed by atoms with E-state index in [-0.39, 0.29) is 16.5 Å². The number of carbonyl (C=O) groups excluding carboxylic acids is 1. The minimum atomic E-state index is -3.69. The van der Waals surface area contributed by atoms with Crippen LogP contribution in [0.3, 0.4) is 0 Å². The SMILES string of the molecule is CCCC[C@@H]1[C@H]2CCCN3CCC[C@@H](CN1S(=O)(=O)c1cccc(C(=O)OC)c1)[C@@H]23. The van der Waals surface area contributed by atoms with Crippen molar-refractivity contribution < 1.29 is 17.9 Å². The summed E-state index contributed by atoms with van der Waals surface area (Å²) in [6, 6.07) is 6.89. The molecule has 0 amide bonds. The van der Waals surface area contributed by atoms with E-state index in [0.29, 0.717) is 24.4 Å². The monoisotopic (exact) mass is 434 g/mol. The van der Waals surface area contributed by atoms with E-state index in [1.807, 2.05) is 0 Å². The Bertz CT molecular complexity index is 870. The standard InChI is InChI=1S/C23H34N2O4S/c1-3-4-12-21-20-11-7-14-24-13-6-9-18(22(20)24)16-25(21)30(27,28)19-10-5-8-17(15-19)23(26)29-2/h5,8,10,15,18,20-22H,3-4,6-7,9,11-14,16H2,1-2H3/t18-,20+,21+,22-/m0/s1. The highest BCUT2D eigenvalue weighted by Crippen LogP contribution is 2.45. The summed E-state index contributed by atoms with van der Waals surface area (Å²) in [5.74, 6) is 0.298. The number of benzene rings is 1. The summed E-state index contributed by atoms with van der Waals surface area (Å²) in [5, 5.41) is 0. The molecule has 0 aromatic heterocycles. The molecule has 3 heterocycles. The molecule has 3 fully saturated rings. The quantitative estimate of drug-likeness (QED) is 0.641. The Kier molecular flexibility index (Phi) is 6.51. The second-order valence-electron chi connectivity index (χ2n) is 9.04. The molecule has 1 aromatic rings. The van der Waals surface area contributed by atoms with E-state index in [1.165, 1.54) is 13.2 Å². The number of sulfonamides is 1. The third kappa shape index (κ3) is 3.92. The highest BCUT2D eigenvalue weighted by atomic mass is 32.2. The van der Waals surface area contributed by atoms with Crippen LogP contribution in [0.15, 0.2) is 29.2 Å². The van der Waals surface area contributed by atoms with Gasteiger partial charge in [-0.05, 0) is 75.2 Å². The molecule has 0 N–H and O–H groups in total. The van der Waals surface area contributed by atoms with Crippen molar-refractivity contribution in [1.29, 1.82) is 0 Å². The first-order chi connectivity index (χ1) is 14.5. The lowest BCUT2D eigenvalue weighted by atomic mass is 9.70. The van der Waals surface area contributed by atoms with Crippen LogP contribution in [-0.2, 0) is 14.8 Å². The number of esters is 1. The predicted molar refractivity (Wildman–Crippen MR) is 116 cm³/mol. The van der Waals surface area contributed by atoms with Crippen LogP contribution in [-0.4, -0.2) is 62.4 Å². The number of methoxy groups -OCH3 is 1. The van der Waals surface area contributed by atoms with E-state index >= 15 is 0 Å². The summed E-state index contributed by atoms with van der Waals surface area (Å²) in [4.78, 5) is 14.8. The van der Waals surface area contributed by atoms with Crippen LogP contribution >= 0.6 is 0 Å². The molecule has 3 saturated heterocycles. The molecule has 0 unspecified atom stereocenters. The lowest BCUT2D eigenvalue weighted by Crippen LogP contribution is -2.65. The Balaban J connectivity index is 1.70. The summed E-state index contributed by atoms with van der Waals surface area (Å²) >= 11 is 0. The molecule has 4 atom stereocenters. The number of piperidine rings is 3. The molecular formula is C23H34N2O4S. The molecule has 0 bridgehead atoms. The van der Waals surface area contributed by atoms with Crippen LogP contribution in [0, 0.1) is 11.8 Å². The van der Waals surface area contributed by atoms with Gasteiger partial charge in [-0.2, -0.15) is 4.31 Å². The molecule has 30 heavy (non-hydrogen) atoms. The van der Waals surface area contributed by atoms with Gasteiger partial charge in [-0.3, -0.25) is 4.90 Å². The molecule has 1 aromatic carbocycles. The normalized spacial score (nSPS) is 29.9. The van der Waals surface area contributed by atoms with Crippen molar-refractivity contribution in [2.75, 3.05) is 26.7 Å². The molecule has 166 valence electrons. The molecule has 7 heteroatoms. The summed E-state index contributed by atoms with van der Waals surface area (Å²) in [6.07, 6.45) is 7.53. The van der Waals surface area contributed by atoms with Crippen LogP contribution in [0.1, 0.15) is 62.2 Å². The van der Waals surface area contributed by atoms with E-state index in [2.05, 4.69) is 11.8 Å². The van der Waals surface area contributed by atoms with Gasteiger partial charge in [0, 0.05) is 18.6 Å². The number of ether oxygens (including phenoxy) is 1. The molecule has 6 nitrogen and oxygen atoms in total. The van der Waals surface area contributed by atoms with Crippen molar-refractivity contribution >= 4 is 16.0 Å². The van der Waals surface area contributed by atoms with E-state index in [0.717, 1.165) is 58.0 Å². The summed E-state index contributed by atoms with van der Waals surface area (Å²) in [6.45, 7) is 5.08. The van der Waals surface area contributed by atoms with Gasteiger partial charge in [0.1, 0.15) is 0 Å². The highest BCUT2D eigenvalue weighted by molar-refractivity contribution is 7.89. The molecule has 0 aliphatic carbocycles. The average Bonchev–Trinajstić information content (AvgIpc) is 2.78. The summed E-state index contributed by atoms with van der Waals surface area (Å²) < 4.78 is 34.2. The van der Waals surface area contributed by atoms with E-state index < -0.39 is 16.0 Å². The number of carbonyl (C=O) groups is 1. The van der Waals surface area contributed by atoms with Crippen LogP contribution in [0.25, 0.3) is 0 Å². The number of unbranched alkanes of at least 4 members (excludes halogenated alkanes) is 1. The van der Waals surface area contributed by atoms with E-state index in [4.69, 9.17) is 4.74 Å². The van der Waals surface area contributed by atoms with Crippen molar-refractivity contribution in [2.45, 2.75) is 68.8 Å². The van der Waals surface area contributed by atoms with Crippen molar-refractivity contribution in [3.63, 3.8) is 0 Å². The molecule has 0 saturated carbocycles. The largest absolute Gasteiger partial charge is 0.465 e. The van der Waals surface area contributed by atoms with Gasteiger partial charge >= 0.3 is 5.97 Å². The lowest BCUT2D eigenvalue weighted by Gasteiger charge is -2.57. The molecule has 3 aliphatic heterocycles. The number of nitrogens with zero attached hydrogens (tertiary/aromatic N) is 2. The Morgan fingerprint density at radius 3 is 2.70 bits per heavy atom. The number of hydrogen-bond donors (Lipinski definition) is 0. The Morgan fingerprint density at radius 1 is 1.20 bits per heavy atom. The van der Waals surface area contributed by atoms with Gasteiger partial charge < -0.3 is 4.74 Å². The zero-order chi connectivity index (χ0) is 21.3. The summed E-state index contributed by atoms with van der Waals surface area (Å²) in [5.41, 5.74) is 0.278. The maximum Gasteiger partial charge on any atom is 0.337 e. The molecule has 0 radical (unpaired) electrons. The van der Waals surface area contributed by atoms with Gasteiger partial charge in [0.2, 0.25) is 10.0 Å². The second-order valence-corrected chi connectivity index (χ2v) is 10.9. The third-order valence-electron chi connectivity index (χ3n) is 7.34. The van der Waals surface area contributed by atoms with E-state index in [9.17, 15) is 13.2 Å². The first-order valence-electron chi connectivity index (χ1n) is 11.4. The van der Waals surface area contributed by atoms with Gasteiger partial charge in [-0.1, -0.05) is 25.8 Å². The fraction of sp³-hybridized carbons (Fsp3) is 0.696. The smallest absolute Gasteiger partial charge is 0.337 e. The Labute approximate surface area is 180 Å². The first-order valence-corrected chi connectivity index (χ1v) is 12.9. The highest BCUT2D eigenvalue weighted by Gasteiger charge is 2.51.